The molecule has 5 unspecified atom stereocenters. The first-order valence-electron chi connectivity index (χ1n) is 6.14. The normalized spacial score (nSPS) is 39.9. The van der Waals surface area contributed by atoms with Crippen LogP contribution >= 0.6 is 0 Å². The third kappa shape index (κ3) is 3.36. The van der Waals surface area contributed by atoms with Crippen molar-refractivity contribution in [2.45, 2.75) is 50.2 Å². The lowest BCUT2D eigenvalue weighted by atomic mass is 9.74. The molecule has 0 aliphatic heterocycles. The second-order valence-corrected chi connectivity index (χ2v) is 5.35. The van der Waals surface area contributed by atoms with Crippen molar-refractivity contribution in [1.82, 2.24) is 0 Å². The molecule has 0 saturated heterocycles. The summed E-state index contributed by atoms with van der Waals surface area (Å²) >= 11 is 0. The van der Waals surface area contributed by atoms with Gasteiger partial charge in [0.15, 0.2) is 6.17 Å². The minimum absolute atomic E-state index is 0.250. The van der Waals surface area contributed by atoms with E-state index < -0.39 is 49.2 Å². The van der Waals surface area contributed by atoms with Gasteiger partial charge in [0.05, 0.1) is 12.0 Å². The molecule has 20 heavy (non-hydrogen) atoms. The van der Waals surface area contributed by atoms with Crippen molar-refractivity contribution < 1.29 is 40.6 Å². The molecule has 2 fully saturated rings. The van der Waals surface area contributed by atoms with Crippen LogP contribution in [-0.2, 0) is 4.74 Å². The van der Waals surface area contributed by atoms with Gasteiger partial charge < -0.3 is 5.11 Å². The summed E-state index contributed by atoms with van der Waals surface area (Å²) in [6, 6.07) is 0. The van der Waals surface area contributed by atoms with Crippen LogP contribution in [0.25, 0.3) is 0 Å². The number of alkyl halides is 7. The Morgan fingerprint density at radius 1 is 1.00 bits per heavy atom. The van der Waals surface area contributed by atoms with Crippen molar-refractivity contribution in [3.63, 3.8) is 0 Å². The van der Waals surface area contributed by atoms with Crippen LogP contribution in [0, 0.1) is 17.8 Å². The van der Waals surface area contributed by atoms with E-state index in [0.29, 0.717) is 12.8 Å². The quantitative estimate of drug-likeness (QED) is 0.794. The molecule has 0 radical (unpaired) electrons. The second kappa shape index (κ2) is 5.01. The third-order valence-electron chi connectivity index (χ3n) is 3.92. The number of aliphatic hydroxyl groups is 1. The zero-order chi connectivity index (χ0) is 15.3. The van der Waals surface area contributed by atoms with Gasteiger partial charge in [0.25, 0.3) is 0 Å². The van der Waals surface area contributed by atoms with Crippen LogP contribution in [0.1, 0.15) is 19.3 Å². The largest absolute Gasteiger partial charge is 0.522 e. The summed E-state index contributed by atoms with van der Waals surface area (Å²) in [4.78, 5) is 0. The van der Waals surface area contributed by atoms with E-state index in [-0.39, 0.29) is 5.92 Å². The van der Waals surface area contributed by atoms with E-state index in [1.54, 1.807) is 0 Å². The molecule has 0 spiro atoms. The number of ether oxygens (including phenoxy) is 1. The summed E-state index contributed by atoms with van der Waals surface area (Å²) < 4.78 is 92.0. The van der Waals surface area contributed by atoms with Gasteiger partial charge in [0.1, 0.15) is 6.10 Å². The van der Waals surface area contributed by atoms with E-state index in [2.05, 4.69) is 4.74 Å². The maximum Gasteiger partial charge on any atom is 0.522 e. The first kappa shape index (κ1) is 15.8. The van der Waals surface area contributed by atoms with E-state index in [9.17, 15) is 35.8 Å². The third-order valence-corrected chi connectivity index (χ3v) is 3.92. The molecule has 0 aromatic heterocycles. The van der Waals surface area contributed by atoms with Crippen molar-refractivity contribution in [3.8, 4) is 0 Å². The first-order valence-corrected chi connectivity index (χ1v) is 6.14. The summed E-state index contributed by atoms with van der Waals surface area (Å²) in [6.07, 6.45) is -17.3. The zero-order valence-electron chi connectivity index (χ0n) is 10.1. The van der Waals surface area contributed by atoms with Crippen LogP contribution in [-0.4, -0.2) is 36.0 Å². The highest BCUT2D eigenvalue weighted by Crippen LogP contribution is 2.51. The van der Waals surface area contributed by atoms with Gasteiger partial charge in [0, 0.05) is 0 Å². The lowest BCUT2D eigenvalue weighted by Gasteiger charge is -2.42. The Hall–Kier alpha value is -0.570. The molecule has 0 aromatic rings. The lowest BCUT2D eigenvalue weighted by Crippen LogP contribution is -2.56. The minimum atomic E-state index is -5.38. The number of halogens is 7. The molecule has 9 heteroatoms. The molecule has 2 nitrogen and oxygen atoms in total. The van der Waals surface area contributed by atoms with Gasteiger partial charge in [-0.05, 0) is 31.1 Å². The molecule has 2 aliphatic carbocycles. The van der Waals surface area contributed by atoms with E-state index in [4.69, 9.17) is 0 Å². The molecule has 2 rings (SSSR count). The van der Waals surface area contributed by atoms with Crippen molar-refractivity contribution in [1.29, 1.82) is 0 Å². The van der Waals surface area contributed by atoms with Crippen molar-refractivity contribution in [2.75, 3.05) is 0 Å². The Labute approximate surface area is 109 Å². The summed E-state index contributed by atoms with van der Waals surface area (Å²) in [5.41, 5.74) is 0. The van der Waals surface area contributed by atoms with Gasteiger partial charge in [0.2, 0.25) is 0 Å². The SMILES string of the molecule is OC1C(F)C(OC(F)(F)F)C(C(F)(F)F)CC1C1CC1. The Balaban J connectivity index is 2.22. The highest BCUT2D eigenvalue weighted by Gasteiger charge is 2.60. The number of hydrogen-bond acceptors (Lipinski definition) is 2. The Morgan fingerprint density at radius 2 is 1.55 bits per heavy atom. The van der Waals surface area contributed by atoms with Crippen LogP contribution in [0.4, 0.5) is 30.7 Å². The van der Waals surface area contributed by atoms with E-state index in [1.807, 2.05) is 0 Å². The van der Waals surface area contributed by atoms with Gasteiger partial charge >= 0.3 is 12.5 Å². The molecular formula is C11H13F7O2. The molecule has 5 atom stereocenters. The van der Waals surface area contributed by atoms with Crippen LogP contribution < -0.4 is 0 Å². The van der Waals surface area contributed by atoms with Crippen LogP contribution in [0.5, 0.6) is 0 Å². The lowest BCUT2D eigenvalue weighted by molar-refractivity contribution is -0.377. The fraction of sp³-hybridized carbons (Fsp3) is 1.00. The number of aliphatic hydroxyl groups excluding tert-OH is 1. The fourth-order valence-corrected chi connectivity index (χ4v) is 2.84. The monoisotopic (exact) mass is 310 g/mol. The number of rotatable bonds is 2. The van der Waals surface area contributed by atoms with Gasteiger partial charge in [-0.1, -0.05) is 0 Å². The molecular weight excluding hydrogens is 297 g/mol. The van der Waals surface area contributed by atoms with Crippen molar-refractivity contribution in [2.24, 2.45) is 17.8 Å². The Bertz CT molecular complexity index is 350. The van der Waals surface area contributed by atoms with E-state index in [1.165, 1.54) is 0 Å². The van der Waals surface area contributed by atoms with Gasteiger partial charge in [-0.25, -0.2) is 4.39 Å². The predicted molar refractivity (Wildman–Crippen MR) is 52.2 cm³/mol. The standard InChI is InChI=1S/C11H13F7O2/c12-7-8(19)5(4-1-2-4)3-6(10(13,14)15)9(7)20-11(16,17)18/h4-9,19H,1-3H2. The van der Waals surface area contributed by atoms with Crippen molar-refractivity contribution >= 4 is 0 Å². The van der Waals surface area contributed by atoms with E-state index >= 15 is 0 Å². The Morgan fingerprint density at radius 3 is 1.95 bits per heavy atom. The zero-order valence-corrected chi connectivity index (χ0v) is 10.1. The number of hydrogen-bond donors (Lipinski definition) is 1. The average molecular weight is 310 g/mol. The molecule has 2 saturated carbocycles. The second-order valence-electron chi connectivity index (χ2n) is 5.35. The molecule has 0 aromatic carbocycles. The highest BCUT2D eigenvalue weighted by molar-refractivity contribution is 5.00. The first-order chi connectivity index (χ1) is 9.00. The molecule has 1 N–H and O–H groups in total. The summed E-state index contributed by atoms with van der Waals surface area (Å²) in [5.74, 6) is -3.78. The average Bonchev–Trinajstić information content (AvgIpc) is 3.05. The fourth-order valence-electron chi connectivity index (χ4n) is 2.84. The minimum Gasteiger partial charge on any atom is -0.390 e. The molecule has 118 valence electrons. The summed E-state index contributed by atoms with van der Waals surface area (Å²) in [6.45, 7) is 0. The molecule has 2 aliphatic rings. The smallest absolute Gasteiger partial charge is 0.390 e. The highest BCUT2D eigenvalue weighted by atomic mass is 19.4. The van der Waals surface area contributed by atoms with Crippen LogP contribution in [0.3, 0.4) is 0 Å². The van der Waals surface area contributed by atoms with Gasteiger partial charge in [-0.15, -0.1) is 13.2 Å². The van der Waals surface area contributed by atoms with Gasteiger partial charge in [-0.3, -0.25) is 4.74 Å². The maximum absolute atomic E-state index is 13.8. The van der Waals surface area contributed by atoms with Crippen LogP contribution in [0.15, 0.2) is 0 Å². The molecule has 0 amide bonds. The topological polar surface area (TPSA) is 29.5 Å². The predicted octanol–water partition coefficient (Wildman–Crippen LogP) is 3.20. The molecule has 0 bridgehead atoms. The summed E-state index contributed by atoms with van der Waals surface area (Å²) in [7, 11) is 0. The maximum atomic E-state index is 13.8. The summed E-state index contributed by atoms with van der Waals surface area (Å²) in [5, 5.41) is 9.61. The van der Waals surface area contributed by atoms with Gasteiger partial charge in [-0.2, -0.15) is 13.2 Å². The Kier molecular flexibility index (Phi) is 3.96. The van der Waals surface area contributed by atoms with E-state index in [0.717, 1.165) is 0 Å². The van der Waals surface area contributed by atoms with Crippen LogP contribution in [0.2, 0.25) is 0 Å². The molecule has 0 heterocycles. The van der Waals surface area contributed by atoms with Crippen molar-refractivity contribution in [3.05, 3.63) is 0 Å².